The van der Waals surface area contributed by atoms with Gasteiger partial charge in [0.15, 0.2) is 5.41 Å². The molecule has 0 saturated heterocycles. The lowest BCUT2D eigenvalue weighted by Gasteiger charge is -2.24. The zero-order valence-corrected chi connectivity index (χ0v) is 9.82. The van der Waals surface area contributed by atoms with Gasteiger partial charge in [-0.3, -0.25) is 9.59 Å². The van der Waals surface area contributed by atoms with E-state index >= 15 is 0 Å². The highest BCUT2D eigenvalue weighted by Gasteiger charge is 2.45. The number of carbonyl (C=O) groups is 2. The van der Waals surface area contributed by atoms with Crippen LogP contribution < -0.4 is 0 Å². The summed E-state index contributed by atoms with van der Waals surface area (Å²) < 4.78 is 9.72. The van der Waals surface area contributed by atoms with Crippen LogP contribution in [-0.4, -0.2) is 25.2 Å². The minimum absolute atomic E-state index is 0.119. The maximum absolute atomic E-state index is 11.8. The van der Waals surface area contributed by atoms with Crippen LogP contribution in [0.1, 0.15) is 20.3 Å². The average Bonchev–Trinajstić information content (AvgIpc) is 2.26. The van der Waals surface area contributed by atoms with Gasteiger partial charge in [-0.1, -0.05) is 12.2 Å². The van der Waals surface area contributed by atoms with Crippen molar-refractivity contribution in [2.24, 2.45) is 5.41 Å². The zero-order valence-electron chi connectivity index (χ0n) is 9.82. The number of ether oxygens (including phenoxy) is 2. The lowest BCUT2D eigenvalue weighted by molar-refractivity contribution is -0.167. The van der Waals surface area contributed by atoms with Gasteiger partial charge in [-0.15, -0.1) is 13.2 Å². The topological polar surface area (TPSA) is 52.6 Å². The van der Waals surface area contributed by atoms with Crippen LogP contribution in [0.25, 0.3) is 0 Å². The van der Waals surface area contributed by atoms with Gasteiger partial charge in [-0.05, 0) is 20.3 Å². The van der Waals surface area contributed by atoms with Gasteiger partial charge in [0, 0.05) is 0 Å². The fourth-order valence-electron chi connectivity index (χ4n) is 1.25. The lowest BCUT2D eigenvalue weighted by Crippen LogP contribution is -2.40. The van der Waals surface area contributed by atoms with Crippen molar-refractivity contribution in [1.82, 2.24) is 0 Å². The predicted octanol–water partition coefficient (Wildman–Crippen LogP) is 1.86. The molecule has 0 aliphatic rings. The van der Waals surface area contributed by atoms with Crippen LogP contribution in [0.5, 0.6) is 0 Å². The van der Waals surface area contributed by atoms with Gasteiger partial charge in [0.1, 0.15) is 0 Å². The van der Waals surface area contributed by atoms with E-state index in [9.17, 15) is 9.59 Å². The second-order valence-electron chi connectivity index (χ2n) is 3.11. The van der Waals surface area contributed by atoms with E-state index in [2.05, 4.69) is 13.2 Å². The van der Waals surface area contributed by atoms with Crippen LogP contribution in [0.4, 0.5) is 0 Å². The molecule has 0 spiro atoms. The number of rotatable bonds is 7. The van der Waals surface area contributed by atoms with Crippen molar-refractivity contribution >= 4 is 11.9 Å². The lowest BCUT2D eigenvalue weighted by atomic mass is 9.84. The first kappa shape index (κ1) is 14.4. The van der Waals surface area contributed by atoms with Crippen molar-refractivity contribution in [1.29, 1.82) is 0 Å². The fraction of sp³-hybridized carbons (Fsp3) is 0.500. The molecule has 0 unspecified atom stereocenters. The van der Waals surface area contributed by atoms with E-state index in [1.54, 1.807) is 13.8 Å². The van der Waals surface area contributed by atoms with Crippen LogP contribution in [0.2, 0.25) is 0 Å². The van der Waals surface area contributed by atoms with E-state index in [0.29, 0.717) is 0 Å². The summed E-state index contributed by atoms with van der Waals surface area (Å²) in [5.74, 6) is -1.30. The van der Waals surface area contributed by atoms with Gasteiger partial charge in [0.25, 0.3) is 0 Å². The summed E-state index contributed by atoms with van der Waals surface area (Å²) in [6.45, 7) is 10.8. The number of esters is 2. The maximum Gasteiger partial charge on any atom is 0.327 e. The van der Waals surface area contributed by atoms with E-state index in [4.69, 9.17) is 9.47 Å². The number of hydrogen-bond acceptors (Lipinski definition) is 4. The maximum atomic E-state index is 11.8. The van der Waals surface area contributed by atoms with Gasteiger partial charge < -0.3 is 9.47 Å². The third-order valence-corrected chi connectivity index (χ3v) is 2.09. The van der Waals surface area contributed by atoms with E-state index in [1.165, 1.54) is 12.2 Å². The van der Waals surface area contributed by atoms with Crippen molar-refractivity contribution in [3.8, 4) is 0 Å². The minimum Gasteiger partial charge on any atom is -0.465 e. The molecule has 0 fully saturated rings. The summed E-state index contributed by atoms with van der Waals surface area (Å²) >= 11 is 0. The monoisotopic (exact) mass is 226 g/mol. The molecule has 0 aromatic carbocycles. The molecule has 0 N–H and O–H groups in total. The quantitative estimate of drug-likeness (QED) is 0.378. The second kappa shape index (κ2) is 6.82. The Morgan fingerprint density at radius 3 is 1.81 bits per heavy atom. The average molecular weight is 226 g/mol. The Hall–Kier alpha value is -1.58. The van der Waals surface area contributed by atoms with Gasteiger partial charge in [-0.2, -0.15) is 0 Å². The van der Waals surface area contributed by atoms with Crippen LogP contribution in [0.3, 0.4) is 0 Å². The number of allylic oxidation sites excluding steroid dienone is 1. The first-order chi connectivity index (χ1) is 7.58. The standard InChI is InChI=1S/C12H18O4/c1-5-9-12(6-2,10(13)15-7-3)11(14)16-8-4/h5-6H,1-2,7-9H2,3-4H3. The van der Waals surface area contributed by atoms with E-state index < -0.39 is 17.4 Å². The normalized spacial score (nSPS) is 10.4. The molecule has 0 aliphatic heterocycles. The Labute approximate surface area is 95.9 Å². The van der Waals surface area contributed by atoms with E-state index in [0.717, 1.165) is 0 Å². The molecule has 4 heteroatoms. The summed E-state index contributed by atoms with van der Waals surface area (Å²) in [6.07, 6.45) is 2.84. The number of carbonyl (C=O) groups excluding carboxylic acids is 2. The Balaban J connectivity index is 5.12. The Kier molecular flexibility index (Phi) is 6.15. The van der Waals surface area contributed by atoms with E-state index in [-0.39, 0.29) is 19.6 Å². The van der Waals surface area contributed by atoms with Gasteiger partial charge in [0.05, 0.1) is 13.2 Å². The van der Waals surface area contributed by atoms with E-state index in [1.807, 2.05) is 0 Å². The highest BCUT2D eigenvalue weighted by atomic mass is 16.6. The Morgan fingerprint density at radius 1 is 1.12 bits per heavy atom. The largest absolute Gasteiger partial charge is 0.465 e. The third kappa shape index (κ3) is 2.95. The highest BCUT2D eigenvalue weighted by Crippen LogP contribution is 2.28. The molecule has 0 atom stereocenters. The molecule has 0 heterocycles. The van der Waals surface area contributed by atoms with Gasteiger partial charge in [0.2, 0.25) is 0 Å². The molecule has 90 valence electrons. The van der Waals surface area contributed by atoms with Crippen molar-refractivity contribution in [3.05, 3.63) is 25.3 Å². The van der Waals surface area contributed by atoms with Gasteiger partial charge in [-0.25, -0.2) is 0 Å². The molecule has 0 saturated carbocycles. The molecule has 0 aromatic rings. The zero-order chi connectivity index (χ0) is 12.6. The Morgan fingerprint density at radius 2 is 1.56 bits per heavy atom. The molecular formula is C12H18O4. The fourth-order valence-corrected chi connectivity index (χ4v) is 1.25. The molecule has 16 heavy (non-hydrogen) atoms. The van der Waals surface area contributed by atoms with Crippen molar-refractivity contribution in [2.75, 3.05) is 13.2 Å². The first-order valence-corrected chi connectivity index (χ1v) is 5.18. The smallest absolute Gasteiger partial charge is 0.327 e. The van der Waals surface area contributed by atoms with Crippen LogP contribution in [0.15, 0.2) is 25.3 Å². The summed E-state index contributed by atoms with van der Waals surface area (Å²) in [7, 11) is 0. The molecule has 0 amide bonds. The second-order valence-corrected chi connectivity index (χ2v) is 3.11. The molecule has 0 aliphatic carbocycles. The molecule has 0 bridgehead atoms. The molecular weight excluding hydrogens is 208 g/mol. The molecule has 0 aromatic heterocycles. The minimum atomic E-state index is -1.46. The summed E-state index contributed by atoms with van der Waals surface area (Å²) in [5, 5.41) is 0. The van der Waals surface area contributed by atoms with Crippen molar-refractivity contribution in [2.45, 2.75) is 20.3 Å². The van der Waals surface area contributed by atoms with Crippen molar-refractivity contribution in [3.63, 3.8) is 0 Å². The number of hydrogen-bond donors (Lipinski definition) is 0. The Bertz CT molecular complexity index is 263. The highest BCUT2D eigenvalue weighted by molar-refractivity contribution is 6.02. The van der Waals surface area contributed by atoms with Crippen LogP contribution in [-0.2, 0) is 19.1 Å². The summed E-state index contributed by atoms with van der Waals surface area (Å²) in [5.41, 5.74) is -1.46. The first-order valence-electron chi connectivity index (χ1n) is 5.18. The molecule has 0 rings (SSSR count). The third-order valence-electron chi connectivity index (χ3n) is 2.09. The predicted molar refractivity (Wildman–Crippen MR) is 60.7 cm³/mol. The summed E-state index contributed by atoms with van der Waals surface area (Å²) in [4.78, 5) is 23.5. The SMILES string of the molecule is C=CCC(C=C)(C(=O)OCC)C(=O)OCC. The van der Waals surface area contributed by atoms with Crippen LogP contribution >= 0.6 is 0 Å². The molecule has 4 nitrogen and oxygen atoms in total. The van der Waals surface area contributed by atoms with Crippen LogP contribution in [0, 0.1) is 5.41 Å². The van der Waals surface area contributed by atoms with Crippen molar-refractivity contribution < 1.29 is 19.1 Å². The van der Waals surface area contributed by atoms with Gasteiger partial charge >= 0.3 is 11.9 Å². The summed E-state index contributed by atoms with van der Waals surface area (Å²) in [6, 6.07) is 0. The molecule has 0 radical (unpaired) electrons.